The first-order chi connectivity index (χ1) is 10.1. The fourth-order valence-corrected chi connectivity index (χ4v) is 2.35. The predicted octanol–water partition coefficient (Wildman–Crippen LogP) is 2.32. The molecule has 1 aromatic carbocycles. The number of rotatable bonds is 3. The Kier molecular flexibility index (Phi) is 3.72. The normalized spacial score (nSPS) is 15.3. The highest BCUT2D eigenvalue weighted by atomic mass is 16.7. The summed E-state index contributed by atoms with van der Waals surface area (Å²) in [5.41, 5.74) is 3.70. The molecule has 0 spiro atoms. The molecular formula is C15H17N3O3. The fourth-order valence-electron chi connectivity index (χ4n) is 2.35. The van der Waals surface area contributed by atoms with Crippen LogP contribution in [0, 0.1) is 13.8 Å². The highest BCUT2D eigenvalue weighted by molar-refractivity contribution is 6.05. The number of H-pyrrole nitrogens is 1. The first kappa shape index (κ1) is 13.8. The van der Waals surface area contributed by atoms with Gasteiger partial charge >= 0.3 is 0 Å². The monoisotopic (exact) mass is 287 g/mol. The van der Waals surface area contributed by atoms with Crippen LogP contribution in [-0.4, -0.2) is 29.3 Å². The summed E-state index contributed by atoms with van der Waals surface area (Å²) in [6, 6.07) is 7.45. The van der Waals surface area contributed by atoms with Crippen LogP contribution in [0.25, 0.3) is 0 Å². The molecule has 6 nitrogen and oxygen atoms in total. The smallest absolute Gasteiger partial charge is 0.259 e. The SMILES string of the molecule is Cc1n[nH]c(C)c1C(=O)Nc1ccc(C2OCCO2)cc1. The molecule has 0 radical (unpaired) electrons. The van der Waals surface area contributed by atoms with Crippen molar-refractivity contribution in [3.63, 3.8) is 0 Å². The maximum Gasteiger partial charge on any atom is 0.259 e. The number of hydrogen-bond acceptors (Lipinski definition) is 4. The molecule has 0 aliphatic carbocycles. The summed E-state index contributed by atoms with van der Waals surface area (Å²) in [5.74, 6) is -0.167. The van der Waals surface area contributed by atoms with Gasteiger partial charge in [-0.25, -0.2) is 0 Å². The lowest BCUT2D eigenvalue weighted by Gasteiger charge is -2.10. The average Bonchev–Trinajstić information content (AvgIpc) is 3.10. The minimum Gasteiger partial charge on any atom is -0.346 e. The van der Waals surface area contributed by atoms with E-state index in [1.807, 2.05) is 31.2 Å². The summed E-state index contributed by atoms with van der Waals surface area (Å²) in [6.45, 7) is 4.85. The average molecular weight is 287 g/mol. The number of aromatic amines is 1. The van der Waals surface area contributed by atoms with E-state index >= 15 is 0 Å². The maximum absolute atomic E-state index is 12.2. The molecule has 2 heterocycles. The van der Waals surface area contributed by atoms with E-state index in [4.69, 9.17) is 9.47 Å². The van der Waals surface area contributed by atoms with E-state index in [0.29, 0.717) is 24.5 Å². The molecule has 1 aliphatic rings. The second kappa shape index (κ2) is 5.67. The Morgan fingerprint density at radius 1 is 1.24 bits per heavy atom. The van der Waals surface area contributed by atoms with Gasteiger partial charge in [0.05, 0.1) is 24.5 Å². The van der Waals surface area contributed by atoms with Gasteiger partial charge in [0.15, 0.2) is 6.29 Å². The standard InChI is InChI=1S/C15H17N3O3/c1-9-13(10(2)18-17-9)14(19)16-12-5-3-11(4-6-12)15-20-7-8-21-15/h3-6,15H,7-8H2,1-2H3,(H,16,19)(H,17,18). The number of anilines is 1. The van der Waals surface area contributed by atoms with E-state index in [-0.39, 0.29) is 12.2 Å². The van der Waals surface area contributed by atoms with Crippen molar-refractivity contribution in [1.29, 1.82) is 0 Å². The van der Waals surface area contributed by atoms with Crippen LogP contribution >= 0.6 is 0 Å². The Bertz CT molecular complexity index is 623. The van der Waals surface area contributed by atoms with E-state index in [1.54, 1.807) is 6.92 Å². The molecule has 1 aliphatic heterocycles. The lowest BCUT2D eigenvalue weighted by molar-refractivity contribution is -0.0441. The molecule has 1 aromatic heterocycles. The number of ether oxygens (including phenoxy) is 2. The summed E-state index contributed by atoms with van der Waals surface area (Å²) in [4.78, 5) is 12.2. The quantitative estimate of drug-likeness (QED) is 0.908. The van der Waals surface area contributed by atoms with Crippen molar-refractivity contribution in [3.05, 3.63) is 46.8 Å². The van der Waals surface area contributed by atoms with Gasteiger partial charge in [0.25, 0.3) is 5.91 Å². The second-order valence-electron chi connectivity index (χ2n) is 4.96. The van der Waals surface area contributed by atoms with Crippen molar-refractivity contribution < 1.29 is 14.3 Å². The Hall–Kier alpha value is -2.18. The number of amides is 1. The van der Waals surface area contributed by atoms with Crippen molar-refractivity contribution in [1.82, 2.24) is 10.2 Å². The van der Waals surface area contributed by atoms with Crippen molar-refractivity contribution in [2.24, 2.45) is 0 Å². The molecule has 21 heavy (non-hydrogen) atoms. The second-order valence-corrected chi connectivity index (χ2v) is 4.96. The van der Waals surface area contributed by atoms with Gasteiger partial charge in [-0.3, -0.25) is 9.89 Å². The van der Waals surface area contributed by atoms with Crippen LogP contribution in [0.15, 0.2) is 24.3 Å². The van der Waals surface area contributed by atoms with Crippen molar-refractivity contribution >= 4 is 11.6 Å². The van der Waals surface area contributed by atoms with Gasteiger partial charge in [-0.1, -0.05) is 12.1 Å². The molecule has 0 unspecified atom stereocenters. The lowest BCUT2D eigenvalue weighted by atomic mass is 10.1. The van der Waals surface area contributed by atoms with Gasteiger partial charge in [0.2, 0.25) is 0 Å². The van der Waals surface area contributed by atoms with Crippen LogP contribution in [0.5, 0.6) is 0 Å². The number of benzene rings is 1. The maximum atomic E-state index is 12.2. The van der Waals surface area contributed by atoms with Crippen LogP contribution in [0.3, 0.4) is 0 Å². The van der Waals surface area contributed by atoms with Crippen LogP contribution in [0.4, 0.5) is 5.69 Å². The van der Waals surface area contributed by atoms with Crippen LogP contribution in [0.2, 0.25) is 0 Å². The highest BCUT2D eigenvalue weighted by Crippen LogP contribution is 2.24. The van der Waals surface area contributed by atoms with E-state index in [1.165, 1.54) is 0 Å². The molecule has 1 amide bonds. The number of aromatic nitrogens is 2. The van der Waals surface area contributed by atoms with Crippen LogP contribution < -0.4 is 5.32 Å². The van der Waals surface area contributed by atoms with E-state index < -0.39 is 0 Å². The zero-order chi connectivity index (χ0) is 14.8. The van der Waals surface area contributed by atoms with Crippen LogP contribution in [0.1, 0.15) is 33.6 Å². The number of aryl methyl sites for hydroxylation is 2. The zero-order valence-corrected chi connectivity index (χ0v) is 12.0. The minimum atomic E-state index is -0.298. The molecule has 3 rings (SSSR count). The summed E-state index contributed by atoms with van der Waals surface area (Å²) in [7, 11) is 0. The first-order valence-electron chi connectivity index (χ1n) is 6.81. The zero-order valence-electron chi connectivity index (χ0n) is 12.0. The third-order valence-electron chi connectivity index (χ3n) is 3.42. The third-order valence-corrected chi connectivity index (χ3v) is 3.42. The van der Waals surface area contributed by atoms with Crippen molar-refractivity contribution in [3.8, 4) is 0 Å². The Morgan fingerprint density at radius 3 is 2.48 bits per heavy atom. The molecule has 2 aromatic rings. The molecule has 0 atom stereocenters. The van der Waals surface area contributed by atoms with Gasteiger partial charge in [-0.15, -0.1) is 0 Å². The minimum absolute atomic E-state index is 0.167. The Balaban J connectivity index is 1.72. The molecule has 0 saturated carbocycles. The van der Waals surface area contributed by atoms with Gasteiger partial charge < -0.3 is 14.8 Å². The van der Waals surface area contributed by atoms with Crippen molar-refractivity contribution in [2.75, 3.05) is 18.5 Å². The van der Waals surface area contributed by atoms with E-state index in [2.05, 4.69) is 15.5 Å². The summed E-state index contributed by atoms with van der Waals surface area (Å²) < 4.78 is 10.9. The topological polar surface area (TPSA) is 76.2 Å². The number of hydrogen-bond donors (Lipinski definition) is 2. The highest BCUT2D eigenvalue weighted by Gasteiger charge is 2.19. The number of carbonyl (C=O) groups excluding carboxylic acids is 1. The Morgan fingerprint density at radius 2 is 1.90 bits per heavy atom. The van der Waals surface area contributed by atoms with E-state index in [9.17, 15) is 4.79 Å². The number of carbonyl (C=O) groups is 1. The molecule has 1 saturated heterocycles. The molecule has 1 fully saturated rings. The molecule has 0 bridgehead atoms. The molecular weight excluding hydrogens is 270 g/mol. The van der Waals surface area contributed by atoms with Gasteiger partial charge in [-0.2, -0.15) is 5.10 Å². The lowest BCUT2D eigenvalue weighted by Crippen LogP contribution is -2.13. The molecule has 110 valence electrons. The summed E-state index contributed by atoms with van der Waals surface area (Å²) in [5, 5.41) is 9.70. The number of nitrogens with one attached hydrogen (secondary N) is 2. The third kappa shape index (κ3) is 2.81. The summed E-state index contributed by atoms with van der Waals surface area (Å²) >= 11 is 0. The van der Waals surface area contributed by atoms with Gasteiger partial charge in [-0.05, 0) is 26.0 Å². The van der Waals surface area contributed by atoms with E-state index in [0.717, 1.165) is 16.9 Å². The fraction of sp³-hybridized carbons (Fsp3) is 0.333. The Labute approximate surface area is 122 Å². The van der Waals surface area contributed by atoms with Gasteiger partial charge in [0.1, 0.15) is 0 Å². The summed E-state index contributed by atoms with van der Waals surface area (Å²) in [6.07, 6.45) is -0.298. The predicted molar refractivity (Wildman–Crippen MR) is 77.1 cm³/mol. The molecule has 2 N–H and O–H groups in total. The van der Waals surface area contributed by atoms with Crippen molar-refractivity contribution in [2.45, 2.75) is 20.1 Å². The van der Waals surface area contributed by atoms with Gasteiger partial charge in [0, 0.05) is 16.9 Å². The first-order valence-corrected chi connectivity index (χ1v) is 6.81. The largest absolute Gasteiger partial charge is 0.346 e. The molecule has 6 heteroatoms. The van der Waals surface area contributed by atoms with Crippen LogP contribution in [-0.2, 0) is 9.47 Å². The number of nitrogens with zero attached hydrogens (tertiary/aromatic N) is 1.